The number of carbonyl (C=O) groups is 1. The van der Waals surface area contributed by atoms with Crippen molar-refractivity contribution in [2.75, 3.05) is 20.8 Å². The normalized spacial score (nSPS) is 13.5. The highest BCUT2D eigenvalue weighted by Gasteiger charge is 2.21. The Balaban J connectivity index is 0.000000234. The van der Waals surface area contributed by atoms with Gasteiger partial charge in [0.1, 0.15) is 18.7 Å². The number of methoxy groups -OCH3 is 1. The molecule has 5 nitrogen and oxygen atoms in total. The zero-order valence-electron chi connectivity index (χ0n) is 19.6. The topological polar surface area (TPSA) is 57.1 Å². The summed E-state index contributed by atoms with van der Waals surface area (Å²) in [4.78, 5) is 16.2. The first-order chi connectivity index (χ1) is 15.8. The number of rotatable bonds is 6. The summed E-state index contributed by atoms with van der Waals surface area (Å²) in [5.74, 6) is -0.0673. The second kappa shape index (κ2) is 12.8. The van der Waals surface area contributed by atoms with Crippen LogP contribution in [-0.2, 0) is 14.4 Å². The highest BCUT2D eigenvalue weighted by atomic mass is 35.5. The third-order valence-electron chi connectivity index (χ3n) is 5.10. The maximum absolute atomic E-state index is 13.1. The molecule has 0 amide bonds. The molecule has 176 valence electrons. The van der Waals surface area contributed by atoms with Gasteiger partial charge in [-0.1, -0.05) is 52.2 Å². The van der Waals surface area contributed by atoms with E-state index in [0.29, 0.717) is 6.61 Å². The van der Waals surface area contributed by atoms with E-state index in [1.807, 2.05) is 37.3 Å². The molecule has 1 aliphatic carbocycles. The first kappa shape index (κ1) is 26.1. The summed E-state index contributed by atoms with van der Waals surface area (Å²) in [5.41, 5.74) is 5.57. The Bertz CT molecular complexity index is 1080. The van der Waals surface area contributed by atoms with Gasteiger partial charge in [0.15, 0.2) is 5.71 Å². The summed E-state index contributed by atoms with van der Waals surface area (Å²) in [7, 11) is 2.76. The summed E-state index contributed by atoms with van der Waals surface area (Å²) in [5, 5.41) is 3.86. The zero-order chi connectivity index (χ0) is 24.4. The Morgan fingerprint density at radius 1 is 1.09 bits per heavy atom. The van der Waals surface area contributed by atoms with Crippen LogP contribution in [0.2, 0.25) is 5.02 Å². The first-order valence-corrected chi connectivity index (χ1v) is 10.9. The highest BCUT2D eigenvalue weighted by Crippen LogP contribution is 2.27. The first-order valence-electron chi connectivity index (χ1n) is 10.5. The highest BCUT2D eigenvalue weighted by molar-refractivity contribution is 6.43. The fourth-order valence-electron chi connectivity index (χ4n) is 3.16. The lowest BCUT2D eigenvalue weighted by Crippen LogP contribution is -2.20. The molecule has 0 radical (unpaired) electrons. The van der Waals surface area contributed by atoms with E-state index >= 15 is 0 Å². The van der Waals surface area contributed by atoms with Crippen LogP contribution in [0.5, 0.6) is 5.75 Å². The Hall–Kier alpha value is -3.12. The van der Waals surface area contributed by atoms with Crippen molar-refractivity contribution in [2.24, 2.45) is 5.16 Å². The Labute approximate surface area is 199 Å². The Morgan fingerprint density at radius 2 is 1.82 bits per heavy atom. The maximum atomic E-state index is 13.1. The summed E-state index contributed by atoms with van der Waals surface area (Å²) < 4.78 is 23.1. The third-order valence-corrected chi connectivity index (χ3v) is 5.39. The van der Waals surface area contributed by atoms with Crippen molar-refractivity contribution in [3.05, 3.63) is 76.1 Å². The number of hydrogen-bond donors (Lipinski definition) is 0. The molecule has 33 heavy (non-hydrogen) atoms. The quantitative estimate of drug-likeness (QED) is 0.201. The lowest BCUT2D eigenvalue weighted by Gasteiger charge is -2.16. The largest absolute Gasteiger partial charge is 0.494 e. The summed E-state index contributed by atoms with van der Waals surface area (Å²) in [6.07, 6.45) is 3.57. The molecule has 1 aliphatic rings. The van der Waals surface area contributed by atoms with Crippen LogP contribution in [0.15, 0.2) is 70.4 Å². The van der Waals surface area contributed by atoms with Crippen LogP contribution in [0, 0.1) is 5.82 Å². The standard InChI is InChI=1S/C14H12ClFO.C12H17NO3/c1-2-17-12-5-3-4-10(8-12)11-6-7-14(16)13(15)9-11;1-8-5-6-10(7-9(8)2)11(13-16-4)12(14)15-3/h3-9H,2H2,1H3;6H,5,7H2,1-4H3/b;13-11+. The van der Waals surface area contributed by atoms with Crippen LogP contribution >= 0.6 is 11.6 Å². The summed E-state index contributed by atoms with van der Waals surface area (Å²) in [6, 6.07) is 12.3. The van der Waals surface area contributed by atoms with E-state index in [1.165, 1.54) is 31.4 Å². The fraction of sp³-hybridized carbons (Fsp3) is 0.308. The maximum Gasteiger partial charge on any atom is 0.360 e. The molecule has 3 rings (SSSR count). The number of hydrogen-bond acceptors (Lipinski definition) is 5. The van der Waals surface area contributed by atoms with Gasteiger partial charge in [-0.15, -0.1) is 0 Å². The molecule has 0 atom stereocenters. The Morgan fingerprint density at radius 3 is 2.42 bits per heavy atom. The van der Waals surface area contributed by atoms with Gasteiger partial charge in [-0.2, -0.15) is 0 Å². The van der Waals surface area contributed by atoms with E-state index < -0.39 is 11.8 Å². The molecule has 0 spiro atoms. The smallest absolute Gasteiger partial charge is 0.360 e. The molecular formula is C26H29ClFNO4. The van der Waals surface area contributed by atoms with E-state index in [4.69, 9.17) is 16.3 Å². The van der Waals surface area contributed by atoms with E-state index in [-0.39, 0.29) is 10.7 Å². The van der Waals surface area contributed by atoms with Crippen molar-refractivity contribution >= 4 is 23.3 Å². The van der Waals surface area contributed by atoms with Gasteiger partial charge in [0.2, 0.25) is 0 Å². The van der Waals surface area contributed by atoms with Crippen LogP contribution < -0.4 is 4.74 Å². The number of ether oxygens (including phenoxy) is 2. The minimum atomic E-state index is -0.458. The van der Waals surface area contributed by atoms with Crippen molar-refractivity contribution in [2.45, 2.75) is 33.6 Å². The predicted molar refractivity (Wildman–Crippen MR) is 130 cm³/mol. The van der Waals surface area contributed by atoms with Gasteiger partial charge in [0.25, 0.3) is 0 Å². The van der Waals surface area contributed by atoms with Crippen LogP contribution in [0.4, 0.5) is 4.39 Å². The Kier molecular flexibility index (Phi) is 10.1. The molecule has 0 unspecified atom stereocenters. The number of halogens is 2. The SMILES string of the molecule is CCOc1cccc(-c2ccc(F)c(Cl)c2)c1.CO/N=C(/C(=O)OC)C1=CCC(C)=C(C)C1. The van der Waals surface area contributed by atoms with Crippen LogP contribution in [0.1, 0.15) is 33.6 Å². The van der Waals surface area contributed by atoms with Crippen molar-refractivity contribution in [3.8, 4) is 16.9 Å². The molecule has 7 heteroatoms. The molecule has 2 aromatic rings. The zero-order valence-corrected chi connectivity index (χ0v) is 20.3. The van der Waals surface area contributed by atoms with Crippen molar-refractivity contribution in [1.29, 1.82) is 0 Å². The molecule has 0 aliphatic heterocycles. The van der Waals surface area contributed by atoms with Gasteiger partial charge >= 0.3 is 5.97 Å². The van der Waals surface area contributed by atoms with Crippen LogP contribution in [0.25, 0.3) is 11.1 Å². The van der Waals surface area contributed by atoms with Crippen LogP contribution in [0.3, 0.4) is 0 Å². The molecule has 0 saturated heterocycles. The monoisotopic (exact) mass is 473 g/mol. The fourth-order valence-corrected chi connectivity index (χ4v) is 3.34. The number of nitrogens with zero attached hydrogens (tertiary/aromatic N) is 1. The van der Waals surface area contributed by atoms with Gasteiger partial charge in [0.05, 0.1) is 18.7 Å². The molecular weight excluding hydrogens is 445 g/mol. The second-order valence-electron chi connectivity index (χ2n) is 7.37. The van der Waals surface area contributed by atoms with Gasteiger partial charge in [-0.05, 0) is 74.6 Å². The number of oxime groups is 1. The molecule has 0 fully saturated rings. The third kappa shape index (κ3) is 7.46. The number of esters is 1. The molecule has 0 heterocycles. The molecule has 2 aromatic carbocycles. The summed E-state index contributed by atoms with van der Waals surface area (Å²) >= 11 is 5.76. The van der Waals surface area contributed by atoms with Crippen molar-refractivity contribution < 1.29 is 23.5 Å². The average Bonchev–Trinajstić information content (AvgIpc) is 2.81. The average molecular weight is 474 g/mol. The lowest BCUT2D eigenvalue weighted by molar-refractivity contribution is -0.132. The minimum absolute atomic E-state index is 0.129. The van der Waals surface area contributed by atoms with E-state index in [9.17, 15) is 9.18 Å². The molecule has 0 bridgehead atoms. The summed E-state index contributed by atoms with van der Waals surface area (Å²) in [6.45, 7) is 6.70. The minimum Gasteiger partial charge on any atom is -0.494 e. The number of allylic oxidation sites excluding steroid dienone is 3. The molecule has 0 aromatic heterocycles. The number of benzene rings is 2. The van der Waals surface area contributed by atoms with Gasteiger partial charge in [-0.3, -0.25) is 0 Å². The van der Waals surface area contributed by atoms with Gasteiger partial charge < -0.3 is 14.3 Å². The molecule has 0 saturated carbocycles. The van der Waals surface area contributed by atoms with E-state index in [2.05, 4.69) is 28.6 Å². The predicted octanol–water partition coefficient (Wildman–Crippen LogP) is 6.76. The van der Waals surface area contributed by atoms with Crippen LogP contribution in [-0.4, -0.2) is 32.5 Å². The number of carbonyl (C=O) groups excluding carboxylic acids is 1. The van der Waals surface area contributed by atoms with Gasteiger partial charge in [0, 0.05) is 0 Å². The van der Waals surface area contributed by atoms with Crippen molar-refractivity contribution in [3.63, 3.8) is 0 Å². The lowest BCUT2D eigenvalue weighted by atomic mass is 9.91. The van der Waals surface area contributed by atoms with E-state index in [1.54, 1.807) is 12.1 Å². The van der Waals surface area contributed by atoms with Crippen molar-refractivity contribution in [1.82, 2.24) is 0 Å². The van der Waals surface area contributed by atoms with Gasteiger partial charge in [-0.25, -0.2) is 9.18 Å². The molecule has 0 N–H and O–H groups in total. The second-order valence-corrected chi connectivity index (χ2v) is 7.78. The van der Waals surface area contributed by atoms with E-state index in [0.717, 1.165) is 35.3 Å².